The fourth-order valence-electron chi connectivity index (χ4n) is 4.72. The van der Waals surface area contributed by atoms with Crippen molar-refractivity contribution in [2.45, 2.75) is 156 Å². The molecule has 1 aliphatic carbocycles. The number of hydrogen-bond donors (Lipinski definition) is 0. The molecule has 1 rings (SSSR count). The molecule has 0 N–H and O–H groups in total. The van der Waals surface area contributed by atoms with Crippen LogP contribution >= 0.6 is 0 Å². The van der Waals surface area contributed by atoms with E-state index in [1.54, 1.807) is 0 Å². The Balaban J connectivity index is 2.34. The predicted molar refractivity (Wildman–Crippen MR) is 139 cm³/mol. The normalized spacial score (nSPS) is 21.1. The van der Waals surface area contributed by atoms with Crippen LogP contribution in [0.15, 0.2) is 0 Å². The highest BCUT2D eigenvalue weighted by Crippen LogP contribution is 2.40. The molecular formula is C29H54O6. The summed E-state index contributed by atoms with van der Waals surface area (Å²) < 4.78 is 0. The van der Waals surface area contributed by atoms with Gasteiger partial charge in [-0.1, -0.05) is 71.1 Å². The molecule has 6 heteroatoms. The summed E-state index contributed by atoms with van der Waals surface area (Å²) in [5.74, 6) is 0.492. The van der Waals surface area contributed by atoms with E-state index in [2.05, 4.69) is 6.92 Å². The highest BCUT2D eigenvalue weighted by Gasteiger charge is 2.36. The van der Waals surface area contributed by atoms with Gasteiger partial charge in [-0.2, -0.15) is 9.78 Å². The molecule has 1 fully saturated rings. The fourth-order valence-corrected chi connectivity index (χ4v) is 4.72. The van der Waals surface area contributed by atoms with E-state index in [1.807, 2.05) is 41.5 Å². The van der Waals surface area contributed by atoms with E-state index >= 15 is 0 Å². The molecule has 6 nitrogen and oxygen atoms in total. The summed E-state index contributed by atoms with van der Waals surface area (Å²) in [6.07, 6.45) is 16.2. The van der Waals surface area contributed by atoms with Crippen LogP contribution in [0.5, 0.6) is 0 Å². The smallest absolute Gasteiger partial charge is 0.298 e. The Morgan fingerprint density at radius 2 is 1.29 bits per heavy atom. The van der Waals surface area contributed by atoms with Gasteiger partial charge in [-0.3, -0.25) is 9.78 Å². The highest BCUT2D eigenvalue weighted by atomic mass is 17.2. The molecule has 0 aromatic heterocycles. The van der Waals surface area contributed by atoms with Crippen molar-refractivity contribution >= 4 is 11.9 Å². The van der Waals surface area contributed by atoms with Gasteiger partial charge in [-0.15, -0.1) is 0 Å². The molecule has 0 saturated heterocycles. The maximum Gasteiger partial charge on any atom is 0.345 e. The third kappa shape index (κ3) is 16.3. The summed E-state index contributed by atoms with van der Waals surface area (Å²) >= 11 is 0. The second-order valence-electron chi connectivity index (χ2n) is 12.5. The van der Waals surface area contributed by atoms with Crippen LogP contribution in [0.3, 0.4) is 0 Å². The Morgan fingerprint density at radius 1 is 0.714 bits per heavy atom. The van der Waals surface area contributed by atoms with Crippen LogP contribution in [-0.2, 0) is 29.1 Å². The quantitative estimate of drug-likeness (QED) is 0.121. The van der Waals surface area contributed by atoms with Gasteiger partial charge in [-0.25, -0.2) is 9.59 Å². The van der Waals surface area contributed by atoms with Crippen molar-refractivity contribution in [1.29, 1.82) is 0 Å². The molecule has 0 heterocycles. The van der Waals surface area contributed by atoms with Gasteiger partial charge in [0.2, 0.25) is 0 Å². The highest BCUT2D eigenvalue weighted by molar-refractivity contribution is 5.72. The molecule has 0 aromatic carbocycles. The summed E-state index contributed by atoms with van der Waals surface area (Å²) in [5, 5.41) is 0. The summed E-state index contributed by atoms with van der Waals surface area (Å²) in [4.78, 5) is 45.2. The summed E-state index contributed by atoms with van der Waals surface area (Å²) in [7, 11) is 0. The summed E-state index contributed by atoms with van der Waals surface area (Å²) in [6, 6.07) is 0. The molecule has 0 spiro atoms. The topological polar surface area (TPSA) is 71.1 Å². The molecule has 0 amide bonds. The lowest BCUT2D eigenvalue weighted by Gasteiger charge is -2.35. The largest absolute Gasteiger partial charge is 0.345 e. The third-order valence-corrected chi connectivity index (χ3v) is 6.58. The maximum absolute atomic E-state index is 12.9. The number of carbonyl (C=O) groups is 2. The second kappa shape index (κ2) is 16.6. The zero-order chi connectivity index (χ0) is 26.3. The van der Waals surface area contributed by atoms with Crippen LogP contribution in [0.2, 0.25) is 0 Å². The minimum atomic E-state index is -0.489. The van der Waals surface area contributed by atoms with E-state index in [9.17, 15) is 9.59 Å². The van der Waals surface area contributed by atoms with Crippen LogP contribution < -0.4 is 0 Å². The molecule has 1 aliphatic rings. The molecule has 0 aromatic rings. The average molecular weight is 499 g/mol. The molecule has 0 bridgehead atoms. The minimum Gasteiger partial charge on any atom is -0.298 e. The van der Waals surface area contributed by atoms with Gasteiger partial charge in [0.1, 0.15) is 11.2 Å². The summed E-state index contributed by atoms with van der Waals surface area (Å²) in [6.45, 7) is 13.5. The van der Waals surface area contributed by atoms with Gasteiger partial charge < -0.3 is 0 Å². The fraction of sp³-hybridized carbons (Fsp3) is 0.931. The lowest BCUT2D eigenvalue weighted by molar-refractivity contribution is -0.324. The first-order valence-corrected chi connectivity index (χ1v) is 14.2. The van der Waals surface area contributed by atoms with Gasteiger partial charge in [0.05, 0.1) is 5.92 Å². The van der Waals surface area contributed by atoms with Crippen molar-refractivity contribution in [3.8, 4) is 0 Å². The maximum atomic E-state index is 12.9. The van der Waals surface area contributed by atoms with Gasteiger partial charge in [0.25, 0.3) is 0 Å². The van der Waals surface area contributed by atoms with Crippen LogP contribution in [0.25, 0.3) is 0 Å². The van der Waals surface area contributed by atoms with E-state index in [0.29, 0.717) is 18.3 Å². The van der Waals surface area contributed by atoms with Crippen molar-refractivity contribution < 1.29 is 29.1 Å². The van der Waals surface area contributed by atoms with Gasteiger partial charge in [0, 0.05) is 6.42 Å². The molecule has 206 valence electrons. The van der Waals surface area contributed by atoms with E-state index in [1.165, 1.54) is 38.5 Å². The number of carbonyl (C=O) groups excluding carboxylic acids is 2. The first kappa shape index (κ1) is 31.9. The van der Waals surface area contributed by atoms with Crippen molar-refractivity contribution in [2.75, 3.05) is 0 Å². The minimum absolute atomic E-state index is 0.0425. The lowest BCUT2D eigenvalue weighted by atomic mass is 9.71. The third-order valence-electron chi connectivity index (χ3n) is 6.58. The molecule has 1 saturated carbocycles. The van der Waals surface area contributed by atoms with Crippen molar-refractivity contribution in [3.63, 3.8) is 0 Å². The SMILES string of the molecule is CCCCCCC1CCC(CCCCCCCC(=O)OOC(C)(C)C)CC1C(=O)OOC(C)(C)C. The Kier molecular flexibility index (Phi) is 15.1. The molecule has 3 unspecified atom stereocenters. The van der Waals surface area contributed by atoms with Gasteiger partial charge in [0.15, 0.2) is 0 Å². The second-order valence-corrected chi connectivity index (χ2v) is 12.5. The van der Waals surface area contributed by atoms with Crippen molar-refractivity contribution in [2.24, 2.45) is 17.8 Å². The lowest BCUT2D eigenvalue weighted by Crippen LogP contribution is -2.34. The van der Waals surface area contributed by atoms with E-state index in [-0.39, 0.29) is 17.9 Å². The monoisotopic (exact) mass is 498 g/mol. The summed E-state index contributed by atoms with van der Waals surface area (Å²) in [5.41, 5.74) is -0.962. The molecule has 0 radical (unpaired) electrons. The molecule has 3 atom stereocenters. The first-order valence-electron chi connectivity index (χ1n) is 14.2. The number of hydrogen-bond acceptors (Lipinski definition) is 6. The molecular weight excluding hydrogens is 444 g/mol. The number of unbranched alkanes of at least 4 members (excludes halogenated alkanes) is 7. The van der Waals surface area contributed by atoms with Crippen LogP contribution in [0.4, 0.5) is 0 Å². The standard InChI is InChI=1S/C29H54O6/c1-8-9-10-15-18-24-21-20-23(22-25(24)27(31)33-35-29(5,6)7)17-14-12-11-13-16-19-26(30)32-34-28(2,3)4/h23-25H,8-22H2,1-7H3. The van der Waals surface area contributed by atoms with E-state index in [0.717, 1.165) is 51.4 Å². The zero-order valence-corrected chi connectivity index (χ0v) is 23.8. The first-order chi connectivity index (χ1) is 16.4. The Hall–Kier alpha value is -1.14. The van der Waals surface area contributed by atoms with E-state index < -0.39 is 11.2 Å². The average Bonchev–Trinajstić information content (AvgIpc) is 2.77. The van der Waals surface area contributed by atoms with Gasteiger partial charge in [-0.05, 0) is 79.1 Å². The molecule has 0 aliphatic heterocycles. The Labute approximate surface area is 215 Å². The van der Waals surface area contributed by atoms with Crippen LogP contribution in [-0.4, -0.2) is 23.1 Å². The number of rotatable bonds is 16. The van der Waals surface area contributed by atoms with Crippen LogP contribution in [0.1, 0.15) is 145 Å². The zero-order valence-electron chi connectivity index (χ0n) is 23.8. The molecule has 35 heavy (non-hydrogen) atoms. The van der Waals surface area contributed by atoms with Crippen molar-refractivity contribution in [1.82, 2.24) is 0 Å². The van der Waals surface area contributed by atoms with E-state index in [4.69, 9.17) is 19.6 Å². The predicted octanol–water partition coefficient (Wildman–Crippen LogP) is 8.27. The Bertz CT molecular complexity index is 589. The Morgan fingerprint density at radius 3 is 1.94 bits per heavy atom. The van der Waals surface area contributed by atoms with Crippen molar-refractivity contribution in [3.05, 3.63) is 0 Å². The van der Waals surface area contributed by atoms with Gasteiger partial charge >= 0.3 is 11.9 Å². The van der Waals surface area contributed by atoms with Crippen LogP contribution in [0, 0.1) is 17.8 Å².